The maximum atomic E-state index is 13.4. The Labute approximate surface area is 200 Å². The minimum absolute atomic E-state index is 0.0659. The molecule has 0 aliphatic carbocycles. The minimum Gasteiger partial charge on any atom is -0.494 e. The van der Waals surface area contributed by atoms with Crippen molar-refractivity contribution in [2.45, 2.75) is 43.9 Å². The number of halogens is 1. The number of carbonyl (C=O) groups excluding carboxylic acids is 1. The highest BCUT2D eigenvalue weighted by Crippen LogP contribution is 2.29. The molecule has 0 atom stereocenters. The summed E-state index contributed by atoms with van der Waals surface area (Å²) >= 11 is 6.29. The summed E-state index contributed by atoms with van der Waals surface area (Å²) in [7, 11) is -3.83. The summed E-state index contributed by atoms with van der Waals surface area (Å²) < 4.78 is 33.5. The van der Waals surface area contributed by atoms with E-state index < -0.39 is 15.9 Å². The summed E-state index contributed by atoms with van der Waals surface area (Å²) in [6.45, 7) is 3.46. The zero-order valence-corrected chi connectivity index (χ0v) is 20.2. The molecule has 0 unspecified atom stereocenters. The van der Waals surface area contributed by atoms with Crippen LogP contribution in [0.15, 0.2) is 47.4 Å². The molecule has 2 aromatic carbocycles. The van der Waals surface area contributed by atoms with Gasteiger partial charge in [0.1, 0.15) is 10.6 Å². The molecule has 3 rings (SSSR count). The molecule has 0 saturated carbocycles. The normalized spacial score (nSPS) is 14.8. The van der Waals surface area contributed by atoms with Crippen molar-refractivity contribution < 1.29 is 17.9 Å². The number of nitriles is 1. The third-order valence-electron chi connectivity index (χ3n) is 5.51. The van der Waals surface area contributed by atoms with Crippen LogP contribution < -0.4 is 9.64 Å². The summed E-state index contributed by atoms with van der Waals surface area (Å²) in [4.78, 5) is 14.8. The maximum absolute atomic E-state index is 13.4. The van der Waals surface area contributed by atoms with Crippen molar-refractivity contribution in [2.24, 2.45) is 0 Å². The molecule has 1 fully saturated rings. The number of nitrogens with zero attached hydrogens (tertiary/aromatic N) is 3. The van der Waals surface area contributed by atoms with Gasteiger partial charge in [0.05, 0.1) is 24.1 Å². The molecule has 1 aliphatic rings. The second-order valence-electron chi connectivity index (χ2n) is 7.76. The summed E-state index contributed by atoms with van der Waals surface area (Å²) in [5.41, 5.74) is 0.783. The molecule has 7 nitrogen and oxygen atoms in total. The number of sulfonamides is 1. The molecule has 0 N–H and O–H groups in total. The lowest BCUT2D eigenvalue weighted by molar-refractivity contribution is 0.0987. The molecular weight excluding hydrogens is 462 g/mol. The van der Waals surface area contributed by atoms with Gasteiger partial charge in [0.15, 0.2) is 0 Å². The van der Waals surface area contributed by atoms with E-state index in [0.717, 1.165) is 25.7 Å². The first-order valence-corrected chi connectivity index (χ1v) is 12.9. The number of rotatable bonds is 8. The van der Waals surface area contributed by atoms with Crippen LogP contribution in [0, 0.1) is 11.3 Å². The first kappa shape index (κ1) is 25.0. The van der Waals surface area contributed by atoms with Gasteiger partial charge in [-0.1, -0.05) is 24.4 Å². The third kappa shape index (κ3) is 6.05. The average molecular weight is 490 g/mol. The lowest BCUT2D eigenvalue weighted by atomic mass is 10.1. The van der Waals surface area contributed by atoms with Crippen LogP contribution in [0.4, 0.5) is 5.69 Å². The van der Waals surface area contributed by atoms with E-state index in [4.69, 9.17) is 21.6 Å². The Morgan fingerprint density at radius 3 is 2.39 bits per heavy atom. The average Bonchev–Trinajstić information content (AvgIpc) is 3.11. The van der Waals surface area contributed by atoms with Gasteiger partial charge in [0, 0.05) is 30.9 Å². The fourth-order valence-electron chi connectivity index (χ4n) is 3.81. The molecule has 1 heterocycles. The zero-order chi connectivity index (χ0) is 23.8. The van der Waals surface area contributed by atoms with E-state index in [-0.39, 0.29) is 28.4 Å². The van der Waals surface area contributed by atoms with Crippen molar-refractivity contribution in [2.75, 3.05) is 31.1 Å². The Balaban J connectivity index is 1.94. The lowest BCUT2D eigenvalue weighted by Gasteiger charge is -2.24. The van der Waals surface area contributed by atoms with E-state index in [0.29, 0.717) is 31.1 Å². The topological polar surface area (TPSA) is 90.7 Å². The van der Waals surface area contributed by atoms with E-state index in [1.54, 1.807) is 24.3 Å². The van der Waals surface area contributed by atoms with Crippen molar-refractivity contribution in [1.82, 2.24) is 4.31 Å². The number of ether oxygens (including phenoxy) is 1. The minimum atomic E-state index is -3.83. The van der Waals surface area contributed by atoms with E-state index in [9.17, 15) is 13.2 Å². The molecule has 9 heteroatoms. The van der Waals surface area contributed by atoms with Crippen LogP contribution in [0.25, 0.3) is 0 Å². The number of amides is 1. The molecule has 1 saturated heterocycles. The molecule has 2 aromatic rings. The maximum Gasteiger partial charge on any atom is 0.258 e. The molecule has 1 amide bonds. The van der Waals surface area contributed by atoms with Crippen LogP contribution >= 0.6 is 11.6 Å². The van der Waals surface area contributed by atoms with Gasteiger partial charge in [-0.05, 0) is 62.2 Å². The monoisotopic (exact) mass is 489 g/mol. The van der Waals surface area contributed by atoms with Crippen molar-refractivity contribution in [1.29, 1.82) is 5.26 Å². The van der Waals surface area contributed by atoms with Gasteiger partial charge in [-0.25, -0.2) is 8.42 Å². The standard InChI is InChI=1S/C24H28ClN3O4S/c1-2-32-21-11-9-20(10-12-21)28(17-7-14-26)24(29)19-8-13-22(25)23(18-19)33(30,31)27-15-5-3-4-6-16-27/h8-13,18H,2-7,15-17H2,1H3. The fraction of sp³-hybridized carbons (Fsp3) is 0.417. The molecule has 176 valence electrons. The molecule has 0 aromatic heterocycles. The first-order chi connectivity index (χ1) is 15.9. The van der Waals surface area contributed by atoms with Crippen molar-refractivity contribution in [3.05, 3.63) is 53.1 Å². The van der Waals surface area contributed by atoms with Crippen LogP contribution in [-0.2, 0) is 10.0 Å². The van der Waals surface area contributed by atoms with E-state index in [2.05, 4.69) is 6.07 Å². The number of anilines is 1. The highest BCUT2D eigenvalue weighted by Gasteiger charge is 2.29. The Bertz CT molecular complexity index is 1110. The van der Waals surface area contributed by atoms with Gasteiger partial charge in [-0.2, -0.15) is 9.57 Å². The van der Waals surface area contributed by atoms with Gasteiger partial charge >= 0.3 is 0 Å². The quantitative estimate of drug-likeness (QED) is 0.528. The van der Waals surface area contributed by atoms with Gasteiger partial charge in [0.25, 0.3) is 5.91 Å². The van der Waals surface area contributed by atoms with Gasteiger partial charge in [0.2, 0.25) is 10.0 Å². The molecule has 0 spiro atoms. The number of carbonyl (C=O) groups is 1. The summed E-state index contributed by atoms with van der Waals surface area (Å²) in [6.07, 6.45) is 3.72. The van der Waals surface area contributed by atoms with Crippen LogP contribution in [0.5, 0.6) is 5.75 Å². The number of hydrogen-bond donors (Lipinski definition) is 0. The highest BCUT2D eigenvalue weighted by molar-refractivity contribution is 7.89. The second-order valence-corrected chi connectivity index (χ2v) is 10.1. The molecular formula is C24H28ClN3O4S. The van der Waals surface area contributed by atoms with Crippen LogP contribution in [-0.4, -0.2) is 44.9 Å². The Kier molecular flexibility index (Phi) is 8.73. The van der Waals surface area contributed by atoms with Gasteiger partial charge < -0.3 is 9.64 Å². The van der Waals surface area contributed by atoms with E-state index in [1.165, 1.54) is 27.4 Å². The van der Waals surface area contributed by atoms with Crippen LogP contribution in [0.1, 0.15) is 49.4 Å². The second kappa shape index (κ2) is 11.5. The lowest BCUT2D eigenvalue weighted by Crippen LogP contribution is -2.33. The van der Waals surface area contributed by atoms with Gasteiger partial charge in [-0.3, -0.25) is 4.79 Å². The largest absolute Gasteiger partial charge is 0.494 e. The predicted molar refractivity (Wildman–Crippen MR) is 128 cm³/mol. The summed E-state index contributed by atoms with van der Waals surface area (Å²) in [6, 6.07) is 13.3. The molecule has 0 radical (unpaired) electrons. The van der Waals surface area contributed by atoms with Gasteiger partial charge in [-0.15, -0.1) is 0 Å². The van der Waals surface area contributed by atoms with Crippen LogP contribution in [0.3, 0.4) is 0 Å². The Morgan fingerprint density at radius 2 is 1.79 bits per heavy atom. The van der Waals surface area contributed by atoms with Crippen molar-refractivity contribution >= 4 is 33.2 Å². The predicted octanol–water partition coefficient (Wildman–Crippen LogP) is 4.86. The SMILES string of the molecule is CCOc1ccc(N(CCC#N)C(=O)c2ccc(Cl)c(S(=O)(=O)N3CCCCCC3)c2)cc1. The molecule has 1 aliphatic heterocycles. The number of benzene rings is 2. The third-order valence-corrected chi connectivity index (χ3v) is 7.89. The van der Waals surface area contributed by atoms with E-state index in [1.807, 2.05) is 6.92 Å². The Morgan fingerprint density at radius 1 is 1.12 bits per heavy atom. The molecule has 0 bridgehead atoms. The Hall–Kier alpha value is -2.60. The highest BCUT2D eigenvalue weighted by atomic mass is 35.5. The first-order valence-electron chi connectivity index (χ1n) is 11.1. The number of hydrogen-bond acceptors (Lipinski definition) is 5. The fourth-order valence-corrected chi connectivity index (χ4v) is 5.83. The van der Waals surface area contributed by atoms with Crippen molar-refractivity contribution in [3.63, 3.8) is 0 Å². The van der Waals surface area contributed by atoms with E-state index >= 15 is 0 Å². The zero-order valence-electron chi connectivity index (χ0n) is 18.7. The van der Waals surface area contributed by atoms with Crippen LogP contribution in [0.2, 0.25) is 5.02 Å². The molecule has 33 heavy (non-hydrogen) atoms. The summed E-state index contributed by atoms with van der Waals surface area (Å²) in [5.74, 6) is 0.268. The summed E-state index contributed by atoms with van der Waals surface area (Å²) in [5, 5.41) is 9.16. The smallest absolute Gasteiger partial charge is 0.258 e. The van der Waals surface area contributed by atoms with Crippen molar-refractivity contribution in [3.8, 4) is 11.8 Å².